The lowest BCUT2D eigenvalue weighted by Crippen LogP contribution is -2.25. The van der Waals surface area contributed by atoms with Crippen molar-refractivity contribution in [3.63, 3.8) is 0 Å². The molecule has 2 unspecified atom stereocenters. The molecule has 376 valence electrons. The molecule has 2 rings (SSSR count). The molecule has 5 nitrogen and oxygen atoms in total. The topological polar surface area (TPSA) is 90.2 Å². The number of hydrogen-bond donors (Lipinski definition) is 4. The van der Waals surface area contributed by atoms with Crippen LogP contribution in [0.15, 0.2) is 83.4 Å². The van der Waals surface area contributed by atoms with Crippen molar-refractivity contribution in [2.75, 3.05) is 13.7 Å². The van der Waals surface area contributed by atoms with Crippen LogP contribution >= 0.6 is 18.7 Å². The highest BCUT2D eigenvalue weighted by atomic mass is 31.0. The average molecular weight is 951 g/mol. The van der Waals surface area contributed by atoms with Gasteiger partial charge in [0.05, 0.1) is 0 Å². The van der Waals surface area contributed by atoms with Crippen molar-refractivity contribution in [2.45, 2.75) is 195 Å². The zero-order valence-corrected chi connectivity index (χ0v) is 49.3. The van der Waals surface area contributed by atoms with Crippen LogP contribution in [0.3, 0.4) is 0 Å². The van der Waals surface area contributed by atoms with E-state index in [0.717, 1.165) is 33.1 Å². The molecule has 7 heteroatoms. The number of aliphatic hydroxyl groups excluding tert-OH is 3. The van der Waals surface area contributed by atoms with Gasteiger partial charge < -0.3 is 24.9 Å². The van der Waals surface area contributed by atoms with Crippen LogP contribution < -0.4 is 5.30 Å². The van der Waals surface area contributed by atoms with Gasteiger partial charge in [-0.25, -0.2) is 0 Å². The van der Waals surface area contributed by atoms with Gasteiger partial charge in [0.15, 0.2) is 0 Å². The molecule has 2 aromatic carbocycles. The Labute approximate surface area is 412 Å². The molecule has 0 heterocycles. The van der Waals surface area contributed by atoms with Gasteiger partial charge in [0, 0.05) is 36.0 Å². The van der Waals surface area contributed by atoms with Gasteiger partial charge in [0.2, 0.25) is 0 Å². The third kappa shape index (κ3) is 21.1. The predicted octanol–water partition coefficient (Wildman–Crippen LogP) is 17.1. The Morgan fingerprint density at radius 1 is 0.652 bits per heavy atom. The predicted molar refractivity (Wildman–Crippen MR) is 302 cm³/mol. The van der Waals surface area contributed by atoms with E-state index in [0.29, 0.717) is 22.8 Å². The van der Waals surface area contributed by atoms with Crippen LogP contribution in [0.5, 0.6) is 5.75 Å². The number of allylic oxidation sites excluding steroid dienone is 10. The summed E-state index contributed by atoms with van der Waals surface area (Å²) in [6.45, 7) is 53.7. The van der Waals surface area contributed by atoms with E-state index in [1.807, 2.05) is 31.2 Å². The number of rotatable bonds is 8. The first-order valence-corrected chi connectivity index (χ1v) is 24.9. The van der Waals surface area contributed by atoms with Gasteiger partial charge in [-0.2, -0.15) is 0 Å². The molecule has 0 radical (unpaired) electrons. The molecule has 0 saturated carbocycles. The summed E-state index contributed by atoms with van der Waals surface area (Å²) in [5.41, 5.74) is 9.52. The summed E-state index contributed by atoms with van der Waals surface area (Å²) in [6, 6.07) is 8.76. The summed E-state index contributed by atoms with van der Waals surface area (Å²) in [5, 5.41) is 42.7. The Balaban J connectivity index is 0. The maximum Gasteiger partial charge on any atom is 0.127 e. The maximum atomic E-state index is 11.4. The minimum atomic E-state index is -0.226. The van der Waals surface area contributed by atoms with Crippen LogP contribution in [-0.2, 0) is 26.2 Å². The lowest BCUT2D eigenvalue weighted by Gasteiger charge is -2.29. The molecule has 4 N–H and O–H groups in total. The molecule has 0 aliphatic rings. The van der Waals surface area contributed by atoms with Gasteiger partial charge in [-0.3, -0.25) is 0 Å². The Kier molecular flexibility index (Phi) is 26.4. The van der Waals surface area contributed by atoms with Crippen LogP contribution in [-0.4, -0.2) is 34.1 Å². The number of aromatic hydroxyl groups is 1. The lowest BCUT2D eigenvalue weighted by atomic mass is 9.77. The first-order chi connectivity index (χ1) is 29.6. The molecule has 0 aromatic heterocycles. The highest BCUT2D eigenvalue weighted by molar-refractivity contribution is 7.27. The van der Waals surface area contributed by atoms with Crippen LogP contribution in [0.1, 0.15) is 206 Å². The van der Waals surface area contributed by atoms with Crippen molar-refractivity contribution >= 4 is 35.2 Å². The molecule has 0 saturated heterocycles. The summed E-state index contributed by atoms with van der Waals surface area (Å²) in [5.74, 6) is 1.41. The van der Waals surface area contributed by atoms with Crippen molar-refractivity contribution in [1.82, 2.24) is 0 Å². The quantitative estimate of drug-likeness (QED) is 0.120. The number of hydrogen-bond acceptors (Lipinski definition) is 5. The van der Waals surface area contributed by atoms with Gasteiger partial charge >= 0.3 is 0 Å². The standard InChI is InChI=1S/C28H44O2.C28H45OP.C2H6O.CH5OP/c1-13-22(27(7,8)9)24(29)20(15-14-18(2)3)21-16-19(26(4,5)6)17-23(25(21)30)28(10,11)12;1-13-19(26(4,5)6)15-21(24(29)14-18(2)3)22-16-20(27(7,8)9)17-23(25(22)30)28(10,11)12;2*1-2-3/h13-18,29-30H,1-12H3;13-18,29H,30H2,1-12H3;3H,2H2,1H3;3H2,1H3/b15-14+,22-13+,24-20-;19-13+,21-15-,24-14-;;. The molecular formula is C59H100O5P2. The van der Waals surface area contributed by atoms with E-state index in [1.54, 1.807) is 14.0 Å². The van der Waals surface area contributed by atoms with E-state index < -0.39 is 0 Å². The zero-order chi connectivity index (χ0) is 52.7. The van der Waals surface area contributed by atoms with E-state index in [-0.39, 0.29) is 56.5 Å². The number of phenolic OH excluding ortho intramolecular Hbond substituents is 1. The van der Waals surface area contributed by atoms with E-state index in [2.05, 4.69) is 219 Å². The highest BCUT2D eigenvalue weighted by Crippen LogP contribution is 2.44. The van der Waals surface area contributed by atoms with Gasteiger partial charge in [-0.05, 0) is 138 Å². The van der Waals surface area contributed by atoms with Crippen LogP contribution in [0, 0.1) is 22.7 Å². The molecule has 0 amide bonds. The second-order valence-corrected chi connectivity index (χ2v) is 25.2. The first-order valence-electron chi connectivity index (χ1n) is 23.9. The third-order valence-electron chi connectivity index (χ3n) is 10.7. The largest absolute Gasteiger partial charge is 0.508 e. The molecule has 0 spiro atoms. The summed E-state index contributed by atoms with van der Waals surface area (Å²) in [6.07, 6.45) is 12.3. The van der Waals surface area contributed by atoms with Crippen molar-refractivity contribution in [1.29, 1.82) is 0 Å². The molecule has 2 atom stereocenters. The first kappa shape index (κ1) is 65.1. The fraction of sp³-hybridized carbons (Fsp3) is 0.593. The van der Waals surface area contributed by atoms with Crippen molar-refractivity contribution in [3.8, 4) is 5.75 Å². The summed E-state index contributed by atoms with van der Waals surface area (Å²) in [7, 11) is 6.63. The van der Waals surface area contributed by atoms with Crippen molar-refractivity contribution in [2.24, 2.45) is 22.7 Å². The average Bonchev–Trinajstić information content (AvgIpc) is 3.10. The maximum absolute atomic E-state index is 11.4. The molecule has 0 bridgehead atoms. The van der Waals surface area contributed by atoms with Gasteiger partial charge in [-0.15, -0.1) is 9.24 Å². The molecule has 0 aliphatic heterocycles. The Bertz CT molecular complexity index is 2030. The fourth-order valence-electron chi connectivity index (χ4n) is 7.01. The Morgan fingerprint density at radius 3 is 1.38 bits per heavy atom. The van der Waals surface area contributed by atoms with Gasteiger partial charge in [0.1, 0.15) is 17.3 Å². The number of aliphatic hydroxyl groups is 3. The van der Waals surface area contributed by atoms with Crippen LogP contribution in [0.25, 0.3) is 11.1 Å². The summed E-state index contributed by atoms with van der Waals surface area (Å²) in [4.78, 5) is 0. The van der Waals surface area contributed by atoms with E-state index in [9.17, 15) is 15.3 Å². The second kappa shape index (κ2) is 26.7. The van der Waals surface area contributed by atoms with E-state index in [1.165, 1.54) is 16.7 Å². The summed E-state index contributed by atoms with van der Waals surface area (Å²) >= 11 is 0. The van der Waals surface area contributed by atoms with Gasteiger partial charge in [-0.1, -0.05) is 189 Å². The van der Waals surface area contributed by atoms with Crippen LogP contribution in [0.4, 0.5) is 0 Å². The zero-order valence-electron chi connectivity index (χ0n) is 47.0. The van der Waals surface area contributed by atoms with Gasteiger partial charge in [0.25, 0.3) is 0 Å². The number of phenols is 1. The Hall–Kier alpha value is -2.94. The second-order valence-electron chi connectivity index (χ2n) is 24.1. The highest BCUT2D eigenvalue weighted by Gasteiger charge is 2.30. The normalized spacial score (nSPS) is 14.3. The van der Waals surface area contributed by atoms with Crippen LogP contribution in [0.2, 0.25) is 0 Å². The molecule has 0 fully saturated rings. The Morgan fingerprint density at radius 2 is 1.06 bits per heavy atom. The smallest absolute Gasteiger partial charge is 0.127 e. The summed E-state index contributed by atoms with van der Waals surface area (Å²) < 4.78 is 4.17. The number of benzene rings is 2. The SMILES string of the molecule is CCO.COP.C\C=C(/C(O)=C(\C=C\C(C)C)c1cc(C(C)(C)C)cc(C(C)(C)C)c1O)C(C)(C)C.C\C=C(/C=C(\C(O)=C\C(C)C)c1cc(C(C)(C)C)cc(C(C)(C)C)c1P)C(C)(C)C. The molecule has 2 aromatic rings. The minimum Gasteiger partial charge on any atom is -0.508 e. The lowest BCUT2D eigenvalue weighted by molar-refractivity contribution is 0.318. The molecular weight excluding hydrogens is 851 g/mol. The van der Waals surface area contributed by atoms with Crippen molar-refractivity contribution in [3.05, 3.63) is 117 Å². The molecule has 66 heavy (non-hydrogen) atoms. The van der Waals surface area contributed by atoms with Crippen molar-refractivity contribution < 1.29 is 24.9 Å². The van der Waals surface area contributed by atoms with E-state index >= 15 is 0 Å². The minimum absolute atomic E-state index is 0.00301. The third-order valence-corrected chi connectivity index (χ3v) is 11.3. The monoisotopic (exact) mass is 951 g/mol. The fourth-order valence-corrected chi connectivity index (χ4v) is 7.77. The van der Waals surface area contributed by atoms with E-state index in [4.69, 9.17) is 5.11 Å². The molecule has 0 aliphatic carbocycles.